The van der Waals surface area contributed by atoms with Crippen LogP contribution in [-0.4, -0.2) is 31.1 Å². The van der Waals surface area contributed by atoms with E-state index in [2.05, 4.69) is 40.0 Å². The van der Waals surface area contributed by atoms with Crippen LogP contribution in [0.5, 0.6) is 0 Å². The largest absolute Gasteiger partial charge is 0.313 e. The predicted molar refractivity (Wildman–Crippen MR) is 73.6 cm³/mol. The summed E-state index contributed by atoms with van der Waals surface area (Å²) in [5, 5.41) is 3.36. The quantitative estimate of drug-likeness (QED) is 0.869. The highest BCUT2D eigenvalue weighted by Crippen LogP contribution is 2.17. The average Bonchev–Trinajstić information content (AvgIpc) is 2.23. The molecule has 0 radical (unpaired) electrons. The number of halogens is 2. The molecule has 0 spiro atoms. The van der Waals surface area contributed by atoms with Crippen LogP contribution in [0.25, 0.3) is 0 Å². The van der Waals surface area contributed by atoms with Gasteiger partial charge in [0, 0.05) is 25.7 Å². The molecular formula is C13H20BrFN2. The Kier molecular flexibility index (Phi) is 6.09. The van der Waals surface area contributed by atoms with Crippen LogP contribution in [0, 0.1) is 5.82 Å². The van der Waals surface area contributed by atoms with E-state index < -0.39 is 0 Å². The molecule has 1 aromatic carbocycles. The standard InChI is InChI=1S/C13H20BrFN2/c1-10(2)16-6-7-17(3)9-11-4-5-12(14)13(15)8-11/h4-5,8,10,16H,6-7,9H2,1-3H3. The van der Waals surface area contributed by atoms with E-state index in [4.69, 9.17) is 0 Å². The van der Waals surface area contributed by atoms with Crippen LogP contribution >= 0.6 is 15.9 Å². The summed E-state index contributed by atoms with van der Waals surface area (Å²) in [7, 11) is 2.04. The van der Waals surface area contributed by atoms with E-state index in [-0.39, 0.29) is 5.82 Å². The minimum Gasteiger partial charge on any atom is -0.313 e. The van der Waals surface area contributed by atoms with Gasteiger partial charge in [-0.05, 0) is 40.7 Å². The highest BCUT2D eigenvalue weighted by Gasteiger charge is 2.04. The molecule has 0 heterocycles. The fourth-order valence-electron chi connectivity index (χ4n) is 1.57. The summed E-state index contributed by atoms with van der Waals surface area (Å²) < 4.78 is 13.8. The Hall–Kier alpha value is -0.450. The summed E-state index contributed by atoms with van der Waals surface area (Å²) in [6.07, 6.45) is 0. The van der Waals surface area contributed by atoms with Crippen molar-refractivity contribution in [1.82, 2.24) is 10.2 Å². The summed E-state index contributed by atoms with van der Waals surface area (Å²) in [6, 6.07) is 5.79. The van der Waals surface area contributed by atoms with Crippen molar-refractivity contribution in [3.05, 3.63) is 34.1 Å². The summed E-state index contributed by atoms with van der Waals surface area (Å²) in [6.45, 7) is 6.93. The van der Waals surface area contributed by atoms with Gasteiger partial charge in [0.25, 0.3) is 0 Å². The zero-order valence-electron chi connectivity index (χ0n) is 10.6. The second kappa shape index (κ2) is 7.09. The van der Waals surface area contributed by atoms with E-state index in [0.717, 1.165) is 25.2 Å². The molecule has 0 aliphatic heterocycles. The molecule has 0 amide bonds. The van der Waals surface area contributed by atoms with Gasteiger partial charge in [-0.2, -0.15) is 0 Å². The van der Waals surface area contributed by atoms with Gasteiger partial charge in [-0.1, -0.05) is 19.9 Å². The maximum Gasteiger partial charge on any atom is 0.137 e. The number of benzene rings is 1. The third-order valence-corrected chi connectivity index (χ3v) is 3.13. The number of nitrogens with zero attached hydrogens (tertiary/aromatic N) is 1. The van der Waals surface area contributed by atoms with Gasteiger partial charge >= 0.3 is 0 Å². The van der Waals surface area contributed by atoms with Crippen LogP contribution in [-0.2, 0) is 6.54 Å². The molecule has 0 unspecified atom stereocenters. The molecule has 0 fully saturated rings. The minimum absolute atomic E-state index is 0.198. The molecule has 1 aromatic rings. The zero-order chi connectivity index (χ0) is 12.8. The highest BCUT2D eigenvalue weighted by molar-refractivity contribution is 9.10. The number of likely N-dealkylation sites (N-methyl/N-ethyl adjacent to an activating group) is 1. The Morgan fingerprint density at radius 3 is 2.71 bits per heavy atom. The van der Waals surface area contributed by atoms with Crippen LogP contribution in [0.15, 0.2) is 22.7 Å². The molecule has 1 rings (SSSR count). The second-order valence-corrected chi connectivity index (χ2v) is 5.45. The first-order valence-corrected chi connectivity index (χ1v) is 6.64. The van der Waals surface area contributed by atoms with Crippen LogP contribution in [0.2, 0.25) is 0 Å². The molecule has 0 bridgehead atoms. The molecule has 0 saturated carbocycles. The molecule has 1 N–H and O–H groups in total. The maximum absolute atomic E-state index is 13.3. The molecule has 0 aliphatic carbocycles. The van der Waals surface area contributed by atoms with Crippen molar-refractivity contribution in [3.63, 3.8) is 0 Å². The van der Waals surface area contributed by atoms with Crippen molar-refractivity contribution in [2.45, 2.75) is 26.4 Å². The van der Waals surface area contributed by atoms with E-state index in [1.165, 1.54) is 0 Å². The van der Waals surface area contributed by atoms with Gasteiger partial charge < -0.3 is 10.2 Å². The van der Waals surface area contributed by atoms with E-state index in [1.54, 1.807) is 12.1 Å². The van der Waals surface area contributed by atoms with Gasteiger partial charge in [-0.3, -0.25) is 0 Å². The van der Waals surface area contributed by atoms with E-state index >= 15 is 0 Å². The van der Waals surface area contributed by atoms with Crippen molar-refractivity contribution < 1.29 is 4.39 Å². The second-order valence-electron chi connectivity index (χ2n) is 4.60. The van der Waals surface area contributed by atoms with Gasteiger partial charge in [0.1, 0.15) is 5.82 Å². The fourth-order valence-corrected chi connectivity index (χ4v) is 1.82. The van der Waals surface area contributed by atoms with Crippen LogP contribution < -0.4 is 5.32 Å². The van der Waals surface area contributed by atoms with Crippen LogP contribution in [0.1, 0.15) is 19.4 Å². The Bertz CT molecular complexity index is 355. The normalized spacial score (nSPS) is 11.5. The van der Waals surface area contributed by atoms with Crippen LogP contribution in [0.3, 0.4) is 0 Å². The lowest BCUT2D eigenvalue weighted by Gasteiger charge is -2.18. The third-order valence-electron chi connectivity index (χ3n) is 2.48. The highest BCUT2D eigenvalue weighted by atomic mass is 79.9. The van der Waals surface area contributed by atoms with E-state index in [9.17, 15) is 4.39 Å². The predicted octanol–water partition coefficient (Wildman–Crippen LogP) is 3.02. The third kappa shape index (κ3) is 5.61. The van der Waals surface area contributed by atoms with E-state index in [1.807, 2.05) is 13.1 Å². The minimum atomic E-state index is -0.198. The Morgan fingerprint density at radius 2 is 2.12 bits per heavy atom. The van der Waals surface area contributed by atoms with Crippen molar-refractivity contribution in [2.24, 2.45) is 0 Å². The molecule has 4 heteroatoms. The fraction of sp³-hybridized carbons (Fsp3) is 0.538. The number of hydrogen-bond acceptors (Lipinski definition) is 2. The molecule has 96 valence electrons. The molecular weight excluding hydrogens is 283 g/mol. The van der Waals surface area contributed by atoms with Gasteiger partial charge in [0.05, 0.1) is 4.47 Å². The summed E-state index contributed by atoms with van der Waals surface area (Å²) in [4.78, 5) is 2.18. The van der Waals surface area contributed by atoms with Gasteiger partial charge in [0.2, 0.25) is 0 Å². The molecule has 0 saturated heterocycles. The van der Waals surface area contributed by atoms with Crippen LogP contribution in [0.4, 0.5) is 4.39 Å². The number of hydrogen-bond donors (Lipinski definition) is 1. The first-order chi connectivity index (χ1) is 7.99. The molecule has 0 atom stereocenters. The van der Waals surface area contributed by atoms with Gasteiger partial charge in [-0.15, -0.1) is 0 Å². The topological polar surface area (TPSA) is 15.3 Å². The summed E-state index contributed by atoms with van der Waals surface area (Å²) >= 11 is 3.15. The maximum atomic E-state index is 13.3. The SMILES string of the molecule is CC(C)NCCN(C)Cc1ccc(Br)c(F)c1. The zero-order valence-corrected chi connectivity index (χ0v) is 12.2. The molecule has 0 aromatic heterocycles. The lowest BCUT2D eigenvalue weighted by Crippen LogP contribution is -2.32. The average molecular weight is 303 g/mol. The van der Waals surface area contributed by atoms with Crippen molar-refractivity contribution in [1.29, 1.82) is 0 Å². The van der Waals surface area contributed by atoms with Gasteiger partial charge in [-0.25, -0.2) is 4.39 Å². The Labute approximate surface area is 111 Å². The summed E-state index contributed by atoms with van der Waals surface area (Å²) in [5.74, 6) is -0.198. The van der Waals surface area contributed by atoms with Crippen molar-refractivity contribution >= 4 is 15.9 Å². The lowest BCUT2D eigenvalue weighted by molar-refractivity contribution is 0.319. The Balaban J connectivity index is 2.39. The monoisotopic (exact) mass is 302 g/mol. The first-order valence-electron chi connectivity index (χ1n) is 5.85. The summed E-state index contributed by atoms with van der Waals surface area (Å²) in [5.41, 5.74) is 0.998. The smallest absolute Gasteiger partial charge is 0.137 e. The van der Waals surface area contributed by atoms with Crippen molar-refractivity contribution in [3.8, 4) is 0 Å². The Morgan fingerprint density at radius 1 is 1.41 bits per heavy atom. The number of rotatable bonds is 6. The van der Waals surface area contributed by atoms with E-state index in [0.29, 0.717) is 10.5 Å². The first kappa shape index (κ1) is 14.6. The number of nitrogens with one attached hydrogen (secondary N) is 1. The van der Waals surface area contributed by atoms with Crippen molar-refractivity contribution in [2.75, 3.05) is 20.1 Å². The molecule has 17 heavy (non-hydrogen) atoms. The molecule has 2 nitrogen and oxygen atoms in total. The van der Waals surface area contributed by atoms with Gasteiger partial charge in [0.15, 0.2) is 0 Å². The molecule has 0 aliphatic rings. The lowest BCUT2D eigenvalue weighted by atomic mass is 10.2.